The fraction of sp³-hybridized carbons (Fsp3) is 0.529. The summed E-state index contributed by atoms with van der Waals surface area (Å²) in [4.78, 5) is 1.48. The van der Waals surface area contributed by atoms with Crippen LogP contribution in [0.3, 0.4) is 0 Å². The first-order chi connectivity index (χ1) is 9.33. The molecule has 1 unspecified atom stereocenters. The second-order valence-electron chi connectivity index (χ2n) is 5.76. The highest BCUT2D eigenvalue weighted by molar-refractivity contribution is 7.19. The van der Waals surface area contributed by atoms with Crippen LogP contribution in [0.25, 0.3) is 10.1 Å². The predicted molar refractivity (Wildman–Crippen MR) is 84.9 cm³/mol. The summed E-state index contributed by atoms with van der Waals surface area (Å²) in [5.74, 6) is 0. The summed E-state index contributed by atoms with van der Waals surface area (Å²) in [6, 6.07) is 12.3. The fourth-order valence-electron chi connectivity index (χ4n) is 3.10. The van der Waals surface area contributed by atoms with Crippen LogP contribution in [0.2, 0.25) is 0 Å². The van der Waals surface area contributed by atoms with Crippen LogP contribution < -0.4 is 5.32 Å². The van der Waals surface area contributed by atoms with Crippen LogP contribution in [-0.2, 0) is 0 Å². The molecular formula is C17H23NS. The Labute approximate surface area is 120 Å². The van der Waals surface area contributed by atoms with Crippen LogP contribution in [0.15, 0.2) is 30.3 Å². The van der Waals surface area contributed by atoms with Crippen molar-refractivity contribution in [3.63, 3.8) is 0 Å². The molecule has 0 aliphatic heterocycles. The maximum absolute atomic E-state index is 3.85. The molecule has 0 saturated heterocycles. The zero-order valence-corrected chi connectivity index (χ0v) is 12.5. The van der Waals surface area contributed by atoms with E-state index in [-0.39, 0.29) is 0 Å². The Bertz CT molecular complexity index is 490. The van der Waals surface area contributed by atoms with Crippen molar-refractivity contribution in [2.24, 2.45) is 0 Å². The zero-order chi connectivity index (χ0) is 13.1. The summed E-state index contributed by atoms with van der Waals surface area (Å²) in [7, 11) is 0. The molecule has 102 valence electrons. The molecule has 1 aliphatic rings. The van der Waals surface area contributed by atoms with Crippen molar-refractivity contribution in [2.45, 2.75) is 57.5 Å². The fourth-order valence-corrected chi connectivity index (χ4v) is 4.17. The van der Waals surface area contributed by atoms with E-state index in [1.165, 1.54) is 53.5 Å². The maximum Gasteiger partial charge on any atom is 0.0388 e. The van der Waals surface area contributed by atoms with Gasteiger partial charge in [-0.3, -0.25) is 0 Å². The van der Waals surface area contributed by atoms with Crippen molar-refractivity contribution >= 4 is 21.4 Å². The Hall–Kier alpha value is -0.860. The molecule has 1 fully saturated rings. The molecule has 2 aromatic rings. The molecule has 1 N–H and O–H groups in total. The summed E-state index contributed by atoms with van der Waals surface area (Å²) in [6.07, 6.45) is 8.36. The minimum atomic E-state index is 0.487. The van der Waals surface area contributed by atoms with Crippen LogP contribution in [0.5, 0.6) is 0 Å². The maximum atomic E-state index is 3.85. The summed E-state index contributed by atoms with van der Waals surface area (Å²) in [5, 5.41) is 5.23. The highest BCUT2D eigenvalue weighted by atomic mass is 32.1. The third kappa shape index (κ3) is 3.18. The van der Waals surface area contributed by atoms with Crippen LogP contribution in [0.4, 0.5) is 0 Å². The Morgan fingerprint density at radius 1 is 1.11 bits per heavy atom. The van der Waals surface area contributed by atoms with E-state index >= 15 is 0 Å². The van der Waals surface area contributed by atoms with E-state index in [9.17, 15) is 0 Å². The van der Waals surface area contributed by atoms with Crippen molar-refractivity contribution in [1.29, 1.82) is 0 Å². The van der Waals surface area contributed by atoms with E-state index in [1.807, 2.05) is 11.3 Å². The van der Waals surface area contributed by atoms with Crippen molar-refractivity contribution in [1.82, 2.24) is 5.32 Å². The molecule has 1 atom stereocenters. The molecule has 0 amide bonds. The molecule has 1 saturated carbocycles. The van der Waals surface area contributed by atoms with Gasteiger partial charge in [0.15, 0.2) is 0 Å². The summed E-state index contributed by atoms with van der Waals surface area (Å²) in [6.45, 7) is 2.32. The van der Waals surface area contributed by atoms with Gasteiger partial charge < -0.3 is 5.32 Å². The molecule has 2 heteroatoms. The summed E-state index contributed by atoms with van der Waals surface area (Å²) in [5.41, 5.74) is 0. The standard InChI is InChI=1S/C17H23NS/c1-13(18-15-9-4-2-3-5-10-15)17-12-14-8-6-7-11-16(14)19-17/h6-8,11-13,15,18H,2-5,9-10H2,1H3. The van der Waals surface area contributed by atoms with E-state index in [0.717, 1.165) is 6.04 Å². The van der Waals surface area contributed by atoms with Crippen LogP contribution >= 0.6 is 11.3 Å². The van der Waals surface area contributed by atoms with Gasteiger partial charge in [-0.15, -0.1) is 11.3 Å². The highest BCUT2D eigenvalue weighted by Gasteiger charge is 2.16. The number of benzene rings is 1. The number of nitrogens with one attached hydrogen (secondary N) is 1. The summed E-state index contributed by atoms with van der Waals surface area (Å²) < 4.78 is 1.41. The lowest BCUT2D eigenvalue weighted by Crippen LogP contribution is -2.30. The average molecular weight is 273 g/mol. The lowest BCUT2D eigenvalue weighted by Gasteiger charge is -2.21. The quantitative estimate of drug-likeness (QED) is 0.751. The Morgan fingerprint density at radius 3 is 2.58 bits per heavy atom. The van der Waals surface area contributed by atoms with Gasteiger partial charge >= 0.3 is 0 Å². The van der Waals surface area contributed by atoms with Gasteiger partial charge in [-0.1, -0.05) is 43.9 Å². The van der Waals surface area contributed by atoms with Crippen LogP contribution in [0, 0.1) is 0 Å². The van der Waals surface area contributed by atoms with Gasteiger partial charge in [0.2, 0.25) is 0 Å². The number of fused-ring (bicyclic) bond motifs is 1. The van der Waals surface area contributed by atoms with Gasteiger partial charge in [0.25, 0.3) is 0 Å². The van der Waals surface area contributed by atoms with Crippen molar-refractivity contribution < 1.29 is 0 Å². The third-order valence-corrected chi connectivity index (χ3v) is 5.51. The minimum absolute atomic E-state index is 0.487. The van der Waals surface area contributed by atoms with E-state index in [1.54, 1.807) is 0 Å². The predicted octanol–water partition coefficient (Wildman–Crippen LogP) is 5.27. The van der Waals surface area contributed by atoms with Gasteiger partial charge in [0.1, 0.15) is 0 Å². The zero-order valence-electron chi connectivity index (χ0n) is 11.7. The van der Waals surface area contributed by atoms with Gasteiger partial charge in [-0.2, -0.15) is 0 Å². The second kappa shape index (κ2) is 6.06. The number of thiophene rings is 1. The van der Waals surface area contributed by atoms with E-state index in [2.05, 4.69) is 42.6 Å². The first kappa shape index (κ1) is 13.1. The lowest BCUT2D eigenvalue weighted by molar-refractivity contribution is 0.417. The van der Waals surface area contributed by atoms with Crippen molar-refractivity contribution in [3.8, 4) is 0 Å². The molecule has 1 aromatic carbocycles. The monoisotopic (exact) mass is 273 g/mol. The molecule has 1 aliphatic carbocycles. The number of rotatable bonds is 3. The van der Waals surface area contributed by atoms with Crippen LogP contribution in [-0.4, -0.2) is 6.04 Å². The molecule has 0 bridgehead atoms. The molecular weight excluding hydrogens is 250 g/mol. The van der Waals surface area contributed by atoms with Gasteiger partial charge in [-0.25, -0.2) is 0 Å². The van der Waals surface area contributed by atoms with Gasteiger partial charge in [-0.05, 0) is 37.3 Å². The Morgan fingerprint density at radius 2 is 1.84 bits per heavy atom. The van der Waals surface area contributed by atoms with Crippen molar-refractivity contribution in [3.05, 3.63) is 35.2 Å². The van der Waals surface area contributed by atoms with Crippen molar-refractivity contribution in [2.75, 3.05) is 0 Å². The Balaban J connectivity index is 1.70. The normalized spacial score (nSPS) is 19.4. The Kier molecular flexibility index (Phi) is 4.19. The first-order valence-electron chi connectivity index (χ1n) is 7.57. The van der Waals surface area contributed by atoms with Crippen LogP contribution in [0.1, 0.15) is 56.4 Å². The number of hydrogen-bond donors (Lipinski definition) is 1. The average Bonchev–Trinajstić information content (AvgIpc) is 2.70. The molecule has 1 nitrogen and oxygen atoms in total. The molecule has 19 heavy (non-hydrogen) atoms. The van der Waals surface area contributed by atoms with E-state index in [4.69, 9.17) is 0 Å². The SMILES string of the molecule is CC(NC1CCCCCC1)c1cc2ccccc2s1. The minimum Gasteiger partial charge on any atom is -0.307 e. The highest BCUT2D eigenvalue weighted by Crippen LogP contribution is 2.30. The topological polar surface area (TPSA) is 12.0 Å². The van der Waals surface area contributed by atoms with E-state index in [0.29, 0.717) is 6.04 Å². The largest absolute Gasteiger partial charge is 0.307 e. The third-order valence-electron chi connectivity index (χ3n) is 4.21. The smallest absolute Gasteiger partial charge is 0.0388 e. The van der Waals surface area contributed by atoms with E-state index < -0.39 is 0 Å². The second-order valence-corrected chi connectivity index (χ2v) is 6.88. The van der Waals surface area contributed by atoms with Gasteiger partial charge in [0.05, 0.1) is 0 Å². The van der Waals surface area contributed by atoms with Gasteiger partial charge in [0, 0.05) is 21.7 Å². The molecule has 1 heterocycles. The molecule has 0 radical (unpaired) electrons. The summed E-state index contributed by atoms with van der Waals surface area (Å²) >= 11 is 1.94. The number of hydrogen-bond acceptors (Lipinski definition) is 2. The molecule has 0 spiro atoms. The molecule has 3 rings (SSSR count). The molecule has 1 aromatic heterocycles. The lowest BCUT2D eigenvalue weighted by atomic mass is 10.1. The first-order valence-corrected chi connectivity index (χ1v) is 8.39.